The normalized spacial score (nSPS) is 43.9. The first-order valence-electron chi connectivity index (χ1n) is 13.1. The maximum Gasteiger partial charge on any atom is 0.302 e. The van der Waals surface area contributed by atoms with E-state index in [1.165, 1.54) is 6.92 Å². The Bertz CT molecular complexity index is 882. The molecule has 0 bridgehead atoms. The van der Waals surface area contributed by atoms with Gasteiger partial charge >= 0.3 is 5.97 Å². The summed E-state index contributed by atoms with van der Waals surface area (Å²) in [6.45, 7) is 5.88. The van der Waals surface area contributed by atoms with Crippen molar-refractivity contribution in [3.63, 3.8) is 0 Å². The van der Waals surface area contributed by atoms with Crippen LogP contribution in [0.1, 0.15) is 71.6 Å². The van der Waals surface area contributed by atoms with E-state index in [2.05, 4.69) is 22.6 Å². The number of hydrogen-bond acceptors (Lipinski definition) is 8. The van der Waals surface area contributed by atoms with Crippen LogP contribution < -0.4 is 5.32 Å². The molecule has 5 rings (SSSR count). The zero-order valence-corrected chi connectivity index (χ0v) is 20.8. The molecule has 0 aromatic heterocycles. The van der Waals surface area contributed by atoms with Gasteiger partial charge in [-0.1, -0.05) is 17.2 Å². The van der Waals surface area contributed by atoms with Crippen LogP contribution in [0.5, 0.6) is 0 Å². The summed E-state index contributed by atoms with van der Waals surface area (Å²) in [7, 11) is 1.60. The number of hydrogen-bond donors (Lipinski definition) is 1. The van der Waals surface area contributed by atoms with E-state index in [9.17, 15) is 9.59 Å². The Kier molecular flexibility index (Phi) is 6.46. The van der Waals surface area contributed by atoms with E-state index in [4.69, 9.17) is 14.4 Å². The van der Waals surface area contributed by atoms with E-state index in [0.29, 0.717) is 36.6 Å². The quantitative estimate of drug-likeness (QED) is 0.485. The monoisotopic (exact) mass is 473 g/mol. The smallest absolute Gasteiger partial charge is 0.302 e. The lowest BCUT2D eigenvalue weighted by atomic mass is 9.44. The van der Waals surface area contributed by atoms with E-state index in [1.54, 1.807) is 7.11 Å². The highest BCUT2D eigenvalue weighted by Gasteiger charge is 2.63. The minimum atomic E-state index is -0.242. The van der Waals surface area contributed by atoms with Gasteiger partial charge in [0.15, 0.2) is 0 Å². The van der Waals surface area contributed by atoms with E-state index in [1.807, 2.05) is 0 Å². The first-order chi connectivity index (χ1) is 16.4. The van der Waals surface area contributed by atoms with Crippen molar-refractivity contribution in [1.82, 2.24) is 5.32 Å². The maximum atomic E-state index is 12.9. The fourth-order valence-electron chi connectivity index (χ4n) is 8.11. The van der Waals surface area contributed by atoms with Crippen LogP contribution >= 0.6 is 0 Å². The number of rotatable bonds is 5. The Morgan fingerprint density at radius 1 is 1.12 bits per heavy atom. The third kappa shape index (κ3) is 3.95. The summed E-state index contributed by atoms with van der Waals surface area (Å²) in [6, 6.07) is 0. The summed E-state index contributed by atoms with van der Waals surface area (Å²) in [5, 5.41) is 12.4. The second-order valence-corrected chi connectivity index (χ2v) is 11.4. The molecule has 0 amide bonds. The number of carbonyl (C=O) groups is 2. The number of Topliss-reactive ketones (excluding diaryl/α,β-unsaturated/α-hetero) is 1. The van der Waals surface area contributed by atoms with Gasteiger partial charge in [-0.05, 0) is 69.2 Å². The first kappa shape index (κ1) is 23.8. The minimum Gasteiger partial charge on any atom is -0.465 e. The van der Waals surface area contributed by atoms with E-state index >= 15 is 0 Å². The van der Waals surface area contributed by atoms with Crippen molar-refractivity contribution in [3.8, 4) is 0 Å². The predicted octanol–water partition coefficient (Wildman–Crippen LogP) is 3.49. The van der Waals surface area contributed by atoms with Gasteiger partial charge in [0.05, 0.1) is 18.0 Å². The number of ketones is 1. The molecule has 7 atom stereocenters. The molecule has 1 aliphatic heterocycles. The van der Waals surface area contributed by atoms with E-state index in [0.717, 1.165) is 75.9 Å². The van der Waals surface area contributed by atoms with Crippen molar-refractivity contribution in [3.05, 3.63) is 0 Å². The molecular formula is C26H39N3O5. The average Bonchev–Trinajstić information content (AvgIpc) is 3.45. The SMILES string of the molecule is CON=C1CC2C(CC[C@]3(C)C(=O)CCC23)[C@@]2(COC(C)=O)CCC(=NOC3CCNC3)CC12. The van der Waals surface area contributed by atoms with Crippen LogP contribution in [0.3, 0.4) is 0 Å². The lowest BCUT2D eigenvalue weighted by Crippen LogP contribution is -2.59. The molecular weight excluding hydrogens is 434 g/mol. The van der Waals surface area contributed by atoms with Gasteiger partial charge in [-0.3, -0.25) is 9.59 Å². The van der Waals surface area contributed by atoms with Gasteiger partial charge in [-0.25, -0.2) is 0 Å². The number of carbonyl (C=O) groups excluding carboxylic acids is 2. The molecule has 4 saturated carbocycles. The Morgan fingerprint density at radius 2 is 1.97 bits per heavy atom. The van der Waals surface area contributed by atoms with Crippen LogP contribution in [-0.4, -0.2) is 56.1 Å². The fourth-order valence-corrected chi connectivity index (χ4v) is 8.11. The number of ether oxygens (including phenoxy) is 1. The van der Waals surface area contributed by atoms with E-state index < -0.39 is 0 Å². The average molecular weight is 474 g/mol. The summed E-state index contributed by atoms with van der Waals surface area (Å²) >= 11 is 0. The molecule has 0 spiro atoms. The van der Waals surface area contributed by atoms with Crippen LogP contribution in [0, 0.1) is 34.5 Å². The molecule has 1 heterocycles. The topological polar surface area (TPSA) is 98.6 Å². The molecule has 5 unspecified atom stereocenters. The number of nitrogens with zero attached hydrogens (tertiary/aromatic N) is 2. The van der Waals surface area contributed by atoms with Gasteiger partial charge in [0.2, 0.25) is 0 Å². The minimum absolute atomic E-state index is 0.104. The van der Waals surface area contributed by atoms with E-state index in [-0.39, 0.29) is 28.8 Å². The molecule has 0 aromatic rings. The summed E-state index contributed by atoms with van der Waals surface area (Å²) in [4.78, 5) is 36.0. The number of nitrogens with one attached hydrogen (secondary N) is 1. The molecule has 34 heavy (non-hydrogen) atoms. The molecule has 8 heteroatoms. The molecule has 1 saturated heterocycles. The van der Waals surface area contributed by atoms with Crippen molar-refractivity contribution in [2.45, 2.75) is 77.7 Å². The van der Waals surface area contributed by atoms with Crippen LogP contribution in [0.4, 0.5) is 0 Å². The highest BCUT2D eigenvalue weighted by Crippen LogP contribution is 2.65. The molecule has 4 aliphatic carbocycles. The summed E-state index contributed by atoms with van der Waals surface area (Å²) in [5.41, 5.74) is 1.68. The zero-order valence-electron chi connectivity index (χ0n) is 20.8. The van der Waals surface area contributed by atoms with Crippen LogP contribution in [0.2, 0.25) is 0 Å². The molecule has 5 fully saturated rings. The molecule has 188 valence electrons. The van der Waals surface area contributed by atoms with Crippen LogP contribution in [0.15, 0.2) is 10.3 Å². The van der Waals surface area contributed by atoms with Gasteiger partial charge < -0.3 is 19.7 Å². The predicted molar refractivity (Wildman–Crippen MR) is 127 cm³/mol. The number of esters is 1. The standard InChI is InChI=1S/C26H39N3O5/c1-16(30)33-15-26-10-6-17(28-34-18-8-11-27-14-18)12-22(26)23(29-32-3)13-19-20-4-5-24(31)25(20,2)9-7-21(19)26/h18-22,27H,4-15H2,1-3H3/t18?,19?,20?,21?,22?,25-,26-/m0/s1. The van der Waals surface area contributed by atoms with Gasteiger partial charge in [0.1, 0.15) is 19.0 Å². The maximum absolute atomic E-state index is 12.9. The third-order valence-corrected chi connectivity index (χ3v) is 9.84. The second kappa shape index (κ2) is 9.25. The highest BCUT2D eigenvalue weighted by atomic mass is 16.6. The summed E-state index contributed by atoms with van der Waals surface area (Å²) < 4.78 is 5.77. The lowest BCUT2D eigenvalue weighted by Gasteiger charge is -2.60. The fraction of sp³-hybridized carbons (Fsp3) is 0.846. The molecule has 8 nitrogen and oxygen atoms in total. The summed E-state index contributed by atoms with van der Waals surface area (Å²) in [5.74, 6) is 1.42. The van der Waals surface area contributed by atoms with Crippen molar-refractivity contribution in [1.29, 1.82) is 0 Å². The zero-order chi connectivity index (χ0) is 23.9. The van der Waals surface area contributed by atoms with Crippen molar-refractivity contribution in [2.24, 2.45) is 44.8 Å². The molecule has 0 aromatic carbocycles. The van der Waals surface area contributed by atoms with Gasteiger partial charge in [-0.15, -0.1) is 0 Å². The highest BCUT2D eigenvalue weighted by molar-refractivity contribution is 5.96. The summed E-state index contributed by atoms with van der Waals surface area (Å²) in [6.07, 6.45) is 8.02. The third-order valence-electron chi connectivity index (χ3n) is 9.84. The molecule has 1 N–H and O–H groups in total. The largest absolute Gasteiger partial charge is 0.465 e. The Hall–Kier alpha value is -1.96. The first-order valence-corrected chi connectivity index (χ1v) is 13.1. The Labute approximate surface area is 202 Å². The van der Waals surface area contributed by atoms with Gasteiger partial charge in [0.25, 0.3) is 0 Å². The Morgan fingerprint density at radius 3 is 2.71 bits per heavy atom. The van der Waals surface area contributed by atoms with Gasteiger partial charge in [-0.2, -0.15) is 0 Å². The molecule has 5 aliphatic rings. The van der Waals surface area contributed by atoms with Crippen molar-refractivity contribution >= 4 is 23.2 Å². The molecule has 0 radical (unpaired) electrons. The van der Waals surface area contributed by atoms with Gasteiger partial charge in [0, 0.05) is 43.1 Å². The van der Waals surface area contributed by atoms with Crippen LogP contribution in [-0.2, 0) is 24.0 Å². The Balaban J connectivity index is 1.47. The number of oxime groups is 2. The second-order valence-electron chi connectivity index (χ2n) is 11.4. The van der Waals surface area contributed by atoms with Crippen molar-refractivity contribution in [2.75, 3.05) is 26.8 Å². The number of fused-ring (bicyclic) bond motifs is 5. The van der Waals surface area contributed by atoms with Crippen LogP contribution in [0.25, 0.3) is 0 Å². The lowest BCUT2D eigenvalue weighted by molar-refractivity contribution is -0.155. The van der Waals surface area contributed by atoms with Crippen molar-refractivity contribution < 1.29 is 24.0 Å².